The SMILES string of the molecule is COC(=O)C1(C)CC2C(C)(CC(C)=C3C4=CC(=O)c5c(cc(O)c(OC)c5C)C4(C)CCC32C)C(=O)C1O. The molecule has 4 aliphatic rings. The fraction of sp³-hybridized carbons (Fsp3) is 0.581. The Balaban J connectivity index is 1.72. The molecule has 0 bridgehead atoms. The van der Waals surface area contributed by atoms with Crippen LogP contribution < -0.4 is 4.74 Å². The first-order valence-corrected chi connectivity index (χ1v) is 13.3. The number of esters is 1. The van der Waals surface area contributed by atoms with Crippen molar-refractivity contribution in [2.75, 3.05) is 14.2 Å². The zero-order valence-corrected chi connectivity index (χ0v) is 23.6. The average molecular weight is 523 g/mol. The lowest BCUT2D eigenvalue weighted by Crippen LogP contribution is -2.64. The number of phenols is 1. The van der Waals surface area contributed by atoms with E-state index in [0.717, 1.165) is 22.3 Å². The fourth-order valence-electron chi connectivity index (χ4n) is 8.67. The Labute approximate surface area is 223 Å². The summed E-state index contributed by atoms with van der Waals surface area (Å²) in [6.45, 7) is 11.6. The van der Waals surface area contributed by atoms with Gasteiger partial charge in [0.2, 0.25) is 0 Å². The maximum absolute atomic E-state index is 13.8. The Hall–Kier alpha value is -2.93. The summed E-state index contributed by atoms with van der Waals surface area (Å²) in [5.74, 6) is -0.949. The van der Waals surface area contributed by atoms with Gasteiger partial charge < -0.3 is 19.7 Å². The average Bonchev–Trinajstić information content (AvgIpc) is 2.85. The highest BCUT2D eigenvalue weighted by Gasteiger charge is 2.67. The molecule has 7 heteroatoms. The fourth-order valence-corrected chi connectivity index (χ4v) is 8.67. The molecular weight excluding hydrogens is 484 g/mol. The van der Waals surface area contributed by atoms with Crippen LogP contribution in [0.5, 0.6) is 11.5 Å². The minimum atomic E-state index is -1.44. The smallest absolute Gasteiger partial charge is 0.314 e. The van der Waals surface area contributed by atoms with Crippen LogP contribution in [0.25, 0.3) is 0 Å². The zero-order valence-electron chi connectivity index (χ0n) is 23.6. The second-order valence-corrected chi connectivity index (χ2v) is 12.8. The first kappa shape index (κ1) is 26.7. The summed E-state index contributed by atoms with van der Waals surface area (Å²) in [6, 6.07) is 1.67. The van der Waals surface area contributed by atoms with Crippen molar-refractivity contribution in [3.8, 4) is 11.5 Å². The number of hydrogen-bond acceptors (Lipinski definition) is 7. The van der Waals surface area contributed by atoms with Crippen LogP contribution in [0.15, 0.2) is 28.9 Å². The molecule has 2 fully saturated rings. The molecule has 2 N–H and O–H groups in total. The molecule has 0 heterocycles. The summed E-state index contributed by atoms with van der Waals surface area (Å²) in [4.78, 5) is 40.3. The molecule has 5 rings (SSSR count). The first-order valence-electron chi connectivity index (χ1n) is 13.3. The van der Waals surface area contributed by atoms with E-state index in [1.807, 2.05) is 13.8 Å². The Kier molecular flexibility index (Phi) is 5.64. The van der Waals surface area contributed by atoms with E-state index in [9.17, 15) is 24.6 Å². The van der Waals surface area contributed by atoms with Gasteiger partial charge in [-0.25, -0.2) is 0 Å². The van der Waals surface area contributed by atoms with Crippen molar-refractivity contribution in [3.63, 3.8) is 0 Å². The van der Waals surface area contributed by atoms with Crippen molar-refractivity contribution < 1.29 is 34.1 Å². The monoisotopic (exact) mass is 522 g/mol. The standard InChI is InChI=1S/C31H38O7/c1-15-13-30(5)21(14-31(6,27(36)38-8)26(35)25(30)34)29(4)10-9-28(3)17-11-20(33)24(37-7)16(2)22(17)19(32)12-18(28)23(15)29/h11-12,21,26,33,35H,9-10,13-14H2,1-8H3. The molecule has 1 aromatic rings. The molecule has 7 nitrogen and oxygen atoms in total. The number of carbonyl (C=O) groups is 3. The van der Waals surface area contributed by atoms with Crippen LogP contribution in [0.2, 0.25) is 0 Å². The van der Waals surface area contributed by atoms with Crippen LogP contribution in [0.1, 0.15) is 81.8 Å². The molecule has 0 aliphatic heterocycles. The van der Waals surface area contributed by atoms with Gasteiger partial charge in [0.15, 0.2) is 23.1 Å². The van der Waals surface area contributed by atoms with Gasteiger partial charge in [0, 0.05) is 22.0 Å². The van der Waals surface area contributed by atoms with Crippen LogP contribution in [-0.2, 0) is 19.7 Å². The quantitative estimate of drug-likeness (QED) is 0.540. The van der Waals surface area contributed by atoms with Gasteiger partial charge >= 0.3 is 5.97 Å². The summed E-state index contributed by atoms with van der Waals surface area (Å²) in [5.41, 5.74) is 1.78. The number of aromatic hydroxyl groups is 1. The lowest BCUT2D eigenvalue weighted by Gasteiger charge is -2.62. The lowest BCUT2D eigenvalue weighted by molar-refractivity contribution is -0.184. The summed E-state index contributed by atoms with van der Waals surface area (Å²) >= 11 is 0. The Morgan fingerprint density at radius 1 is 1.05 bits per heavy atom. The molecule has 4 aliphatic carbocycles. The van der Waals surface area contributed by atoms with Crippen molar-refractivity contribution in [2.45, 2.75) is 78.7 Å². The van der Waals surface area contributed by atoms with Gasteiger partial charge in [-0.2, -0.15) is 0 Å². The predicted octanol–water partition coefficient (Wildman–Crippen LogP) is 4.75. The number of methoxy groups -OCH3 is 2. The van der Waals surface area contributed by atoms with Crippen molar-refractivity contribution in [1.82, 2.24) is 0 Å². The summed E-state index contributed by atoms with van der Waals surface area (Å²) < 4.78 is 10.5. The zero-order chi connectivity index (χ0) is 28.2. The van der Waals surface area contributed by atoms with Gasteiger partial charge in [-0.1, -0.05) is 26.3 Å². The second kappa shape index (κ2) is 8.04. The van der Waals surface area contributed by atoms with E-state index in [4.69, 9.17) is 9.47 Å². The van der Waals surface area contributed by atoms with Crippen LogP contribution in [0.3, 0.4) is 0 Å². The molecule has 6 atom stereocenters. The van der Waals surface area contributed by atoms with E-state index in [0.29, 0.717) is 42.6 Å². The molecule has 0 amide bonds. The van der Waals surface area contributed by atoms with E-state index >= 15 is 0 Å². The Morgan fingerprint density at radius 2 is 1.71 bits per heavy atom. The molecule has 6 unspecified atom stereocenters. The van der Waals surface area contributed by atoms with E-state index in [2.05, 4.69) is 13.8 Å². The highest BCUT2D eigenvalue weighted by Crippen LogP contribution is 2.69. The highest BCUT2D eigenvalue weighted by atomic mass is 16.5. The Morgan fingerprint density at radius 3 is 2.32 bits per heavy atom. The number of carbonyl (C=O) groups excluding carboxylic acids is 3. The molecular formula is C31H38O7. The number of ether oxygens (including phenoxy) is 2. The third-order valence-electron chi connectivity index (χ3n) is 10.7. The minimum Gasteiger partial charge on any atom is -0.504 e. The lowest BCUT2D eigenvalue weighted by atomic mass is 9.40. The van der Waals surface area contributed by atoms with E-state index in [1.54, 1.807) is 26.0 Å². The molecule has 0 radical (unpaired) electrons. The van der Waals surface area contributed by atoms with Crippen LogP contribution in [-0.4, -0.2) is 48.1 Å². The van der Waals surface area contributed by atoms with Gasteiger partial charge in [0.05, 0.1) is 19.6 Å². The van der Waals surface area contributed by atoms with Crippen LogP contribution >= 0.6 is 0 Å². The number of allylic oxidation sites excluding steroid dienone is 4. The molecule has 0 saturated heterocycles. The van der Waals surface area contributed by atoms with Gasteiger partial charge in [0.25, 0.3) is 0 Å². The second-order valence-electron chi connectivity index (χ2n) is 12.8. The van der Waals surface area contributed by atoms with Gasteiger partial charge in [0.1, 0.15) is 6.10 Å². The molecule has 0 aromatic heterocycles. The maximum atomic E-state index is 13.8. The Bertz CT molecular complexity index is 1370. The van der Waals surface area contributed by atoms with Crippen molar-refractivity contribution in [2.24, 2.45) is 22.2 Å². The summed E-state index contributed by atoms with van der Waals surface area (Å²) in [7, 11) is 2.76. The van der Waals surface area contributed by atoms with E-state index < -0.39 is 33.7 Å². The highest BCUT2D eigenvalue weighted by molar-refractivity contribution is 6.10. The predicted molar refractivity (Wildman–Crippen MR) is 141 cm³/mol. The number of fused-ring (bicyclic) bond motifs is 7. The minimum absolute atomic E-state index is 0.00925. The maximum Gasteiger partial charge on any atom is 0.314 e. The number of benzene rings is 1. The molecule has 204 valence electrons. The first-order chi connectivity index (χ1) is 17.6. The normalized spacial score (nSPS) is 38.0. The van der Waals surface area contributed by atoms with E-state index in [1.165, 1.54) is 14.2 Å². The largest absolute Gasteiger partial charge is 0.504 e. The third-order valence-corrected chi connectivity index (χ3v) is 10.7. The molecule has 1 aromatic carbocycles. The molecule has 2 saturated carbocycles. The number of aliphatic hydroxyl groups excluding tert-OH is 1. The van der Waals surface area contributed by atoms with Gasteiger partial charge in [-0.3, -0.25) is 14.4 Å². The number of ketones is 2. The number of hydrogen-bond donors (Lipinski definition) is 2. The topological polar surface area (TPSA) is 110 Å². The van der Waals surface area contributed by atoms with Crippen LogP contribution in [0, 0.1) is 29.1 Å². The number of aliphatic hydroxyl groups is 1. The number of rotatable bonds is 2. The molecule has 38 heavy (non-hydrogen) atoms. The van der Waals surface area contributed by atoms with E-state index in [-0.39, 0.29) is 23.2 Å². The molecule has 0 spiro atoms. The van der Waals surface area contributed by atoms with Crippen LogP contribution in [0.4, 0.5) is 0 Å². The number of phenolic OH excluding ortho intramolecular Hbond substituents is 1. The third kappa shape index (κ3) is 3.02. The summed E-state index contributed by atoms with van der Waals surface area (Å²) in [6.07, 6.45) is 2.46. The summed E-state index contributed by atoms with van der Waals surface area (Å²) in [5, 5.41) is 21.9. The van der Waals surface area contributed by atoms with Crippen molar-refractivity contribution >= 4 is 17.5 Å². The van der Waals surface area contributed by atoms with Crippen molar-refractivity contribution in [1.29, 1.82) is 0 Å². The number of Topliss-reactive ketones (excluding diaryl/α,β-unsaturated/α-hetero) is 1. The van der Waals surface area contributed by atoms with Crippen molar-refractivity contribution in [3.05, 3.63) is 45.6 Å². The van der Waals surface area contributed by atoms with Gasteiger partial charge in [-0.05, 0) is 86.6 Å². The van der Waals surface area contributed by atoms with Gasteiger partial charge in [-0.15, -0.1) is 0 Å².